The van der Waals surface area contributed by atoms with Crippen LogP contribution in [0.25, 0.3) is 0 Å². The molecule has 0 atom stereocenters. The van der Waals surface area contributed by atoms with Gasteiger partial charge in [-0.2, -0.15) is 0 Å². The molecule has 6 heteroatoms. The Morgan fingerprint density at radius 2 is 0.966 bits per heavy atom. The highest BCUT2D eigenvalue weighted by molar-refractivity contribution is 5.96. The van der Waals surface area contributed by atoms with E-state index in [4.69, 9.17) is 22.9 Å². The molecule has 1 aromatic carbocycles. The molecule has 6 nitrogen and oxygen atoms in total. The third-order valence-corrected chi connectivity index (χ3v) is 7.10. The van der Waals surface area contributed by atoms with Crippen molar-refractivity contribution in [3.63, 3.8) is 0 Å². The number of nitrogens with two attached hydrogens (primary N) is 4. The van der Waals surface area contributed by atoms with Gasteiger partial charge in [-0.25, -0.2) is 0 Å². The van der Waals surface area contributed by atoms with Gasteiger partial charge in [-0.15, -0.1) is 0 Å². The third kappa shape index (κ3) is 6.54. The molecule has 2 amide bonds. The van der Waals surface area contributed by atoms with Crippen molar-refractivity contribution >= 4 is 11.8 Å². The minimum absolute atomic E-state index is 0.361. The van der Waals surface area contributed by atoms with Gasteiger partial charge in [-0.3, -0.25) is 9.59 Å². The fourth-order valence-corrected chi connectivity index (χ4v) is 4.86. The first-order valence-electron chi connectivity index (χ1n) is 10.8. The van der Waals surface area contributed by atoms with Gasteiger partial charge in [0.1, 0.15) is 0 Å². The molecule has 162 valence electrons. The van der Waals surface area contributed by atoms with Gasteiger partial charge >= 0.3 is 0 Å². The Hall–Kier alpha value is -1.92. The fourth-order valence-electron chi connectivity index (χ4n) is 4.86. The average Bonchev–Trinajstić information content (AvgIpc) is 2.69. The summed E-state index contributed by atoms with van der Waals surface area (Å²) in [5.41, 5.74) is 23.2. The maximum Gasteiger partial charge on any atom is 0.248 e. The molecule has 0 spiro atoms. The zero-order valence-electron chi connectivity index (χ0n) is 17.9. The minimum Gasteiger partial charge on any atom is -0.366 e. The van der Waals surface area contributed by atoms with Crippen LogP contribution in [0.5, 0.6) is 0 Å². The molecule has 2 saturated carbocycles. The second-order valence-corrected chi connectivity index (χ2v) is 9.35. The molecule has 29 heavy (non-hydrogen) atoms. The maximum atomic E-state index is 10.6. The Morgan fingerprint density at radius 3 is 1.21 bits per heavy atom. The number of carbonyl (C=O) groups excluding carboxylic acids is 2. The molecule has 0 radical (unpaired) electrons. The van der Waals surface area contributed by atoms with E-state index in [1.54, 1.807) is 0 Å². The van der Waals surface area contributed by atoms with Gasteiger partial charge in [0.15, 0.2) is 0 Å². The van der Waals surface area contributed by atoms with Crippen molar-refractivity contribution in [1.29, 1.82) is 0 Å². The van der Waals surface area contributed by atoms with E-state index < -0.39 is 11.8 Å². The van der Waals surface area contributed by atoms with Gasteiger partial charge in [-0.1, -0.05) is 13.8 Å². The average molecular weight is 403 g/mol. The molecule has 2 aliphatic carbocycles. The van der Waals surface area contributed by atoms with Crippen LogP contribution in [0.15, 0.2) is 24.3 Å². The topological polar surface area (TPSA) is 138 Å². The second kappa shape index (κ2) is 10.2. The van der Waals surface area contributed by atoms with E-state index in [-0.39, 0.29) is 0 Å². The summed E-state index contributed by atoms with van der Waals surface area (Å²) in [7, 11) is 0. The van der Waals surface area contributed by atoms with Crippen molar-refractivity contribution in [3.8, 4) is 0 Å². The molecule has 0 aliphatic heterocycles. The number of primary amides is 2. The van der Waals surface area contributed by atoms with Gasteiger partial charge in [-0.05, 0) is 92.9 Å². The Labute approximate surface area is 174 Å². The van der Waals surface area contributed by atoms with Crippen molar-refractivity contribution in [2.24, 2.45) is 40.2 Å². The van der Waals surface area contributed by atoms with E-state index in [0.29, 0.717) is 28.6 Å². The van der Waals surface area contributed by atoms with E-state index in [9.17, 15) is 9.59 Å². The molecule has 0 bridgehead atoms. The van der Waals surface area contributed by atoms with Crippen LogP contribution in [0.3, 0.4) is 0 Å². The molecule has 0 saturated heterocycles. The fraction of sp³-hybridized carbons (Fsp3) is 0.652. The summed E-state index contributed by atoms with van der Waals surface area (Å²) in [4.78, 5) is 21.2. The summed E-state index contributed by atoms with van der Waals surface area (Å²) in [5.74, 6) is 0.736. The molecule has 0 aromatic heterocycles. The van der Waals surface area contributed by atoms with Crippen LogP contribution in [0.4, 0.5) is 0 Å². The predicted molar refractivity (Wildman–Crippen MR) is 117 cm³/mol. The number of amides is 2. The lowest BCUT2D eigenvalue weighted by molar-refractivity contribution is 0.0523. The van der Waals surface area contributed by atoms with Gasteiger partial charge in [0, 0.05) is 23.2 Å². The summed E-state index contributed by atoms with van der Waals surface area (Å²) in [6.45, 7) is 4.99. The Morgan fingerprint density at radius 1 is 0.690 bits per heavy atom. The Bertz CT molecular complexity index is 614. The van der Waals surface area contributed by atoms with E-state index in [0.717, 1.165) is 11.8 Å². The van der Waals surface area contributed by atoms with E-state index in [1.807, 2.05) is 0 Å². The number of carbonyl (C=O) groups is 2. The van der Waals surface area contributed by atoms with Crippen molar-refractivity contribution in [1.82, 2.24) is 0 Å². The summed E-state index contributed by atoms with van der Waals surface area (Å²) >= 11 is 0. The minimum atomic E-state index is -0.522. The van der Waals surface area contributed by atoms with Crippen LogP contribution in [0, 0.1) is 17.3 Å². The molecular weight excluding hydrogens is 364 g/mol. The predicted octanol–water partition coefficient (Wildman–Crippen LogP) is 2.93. The molecular formula is C23H38N4O2. The molecule has 0 unspecified atom stereocenters. The zero-order valence-corrected chi connectivity index (χ0v) is 17.9. The molecule has 2 fully saturated rings. The van der Waals surface area contributed by atoms with Crippen LogP contribution >= 0.6 is 0 Å². The summed E-state index contributed by atoms with van der Waals surface area (Å²) in [6, 6.07) is 6.79. The van der Waals surface area contributed by atoms with Crippen molar-refractivity contribution in [2.75, 3.05) is 0 Å². The summed E-state index contributed by atoms with van der Waals surface area (Å²) in [6.07, 6.45) is 10.3. The van der Waals surface area contributed by atoms with E-state index >= 15 is 0 Å². The first kappa shape index (κ1) is 23.4. The standard InChI is InChI=1S/C15H30N2.C8H8N2O2/c1-15(2,11-3-7-13(16)8-4-11)12-5-9-14(17)10-6-12;9-7(11)5-1-2-6(4-3-5)8(10)12/h11-14H,3-10,16-17H2,1-2H3;1-4H,(H2,9,11)(H2,10,12). The highest BCUT2D eigenvalue weighted by atomic mass is 16.1. The molecule has 0 heterocycles. The lowest BCUT2D eigenvalue weighted by Crippen LogP contribution is -2.40. The molecule has 3 rings (SSSR count). The first-order chi connectivity index (χ1) is 13.6. The smallest absolute Gasteiger partial charge is 0.248 e. The van der Waals surface area contributed by atoms with E-state index in [1.165, 1.54) is 75.6 Å². The lowest BCUT2D eigenvalue weighted by Gasteiger charge is -2.46. The van der Waals surface area contributed by atoms with Gasteiger partial charge < -0.3 is 22.9 Å². The van der Waals surface area contributed by atoms with Crippen molar-refractivity contribution in [3.05, 3.63) is 35.4 Å². The quantitative estimate of drug-likeness (QED) is 0.615. The van der Waals surface area contributed by atoms with Gasteiger partial charge in [0.05, 0.1) is 0 Å². The molecule has 2 aliphatic rings. The largest absolute Gasteiger partial charge is 0.366 e. The van der Waals surface area contributed by atoms with Crippen LogP contribution < -0.4 is 22.9 Å². The highest BCUT2D eigenvalue weighted by Crippen LogP contribution is 2.47. The summed E-state index contributed by atoms with van der Waals surface area (Å²) < 4.78 is 0. The van der Waals surface area contributed by atoms with Crippen LogP contribution in [0.1, 0.15) is 85.9 Å². The number of hydrogen-bond acceptors (Lipinski definition) is 4. The van der Waals surface area contributed by atoms with Crippen LogP contribution in [0.2, 0.25) is 0 Å². The number of rotatable bonds is 4. The van der Waals surface area contributed by atoms with Crippen molar-refractivity contribution in [2.45, 2.75) is 77.3 Å². The lowest BCUT2D eigenvalue weighted by atomic mass is 9.60. The Kier molecular flexibility index (Phi) is 8.23. The van der Waals surface area contributed by atoms with E-state index in [2.05, 4.69) is 13.8 Å². The van der Waals surface area contributed by atoms with Crippen LogP contribution in [-0.2, 0) is 0 Å². The SMILES string of the molecule is CC(C)(C1CCC(N)CC1)C1CCC(N)CC1.NC(=O)c1ccc(C(N)=O)cc1. The molecule has 1 aromatic rings. The van der Waals surface area contributed by atoms with Crippen LogP contribution in [-0.4, -0.2) is 23.9 Å². The maximum absolute atomic E-state index is 10.6. The monoisotopic (exact) mass is 402 g/mol. The number of hydrogen-bond donors (Lipinski definition) is 4. The third-order valence-electron chi connectivity index (χ3n) is 7.10. The molecule has 8 N–H and O–H groups in total. The highest BCUT2D eigenvalue weighted by Gasteiger charge is 2.39. The normalized spacial score (nSPS) is 27.4. The zero-order chi connectivity index (χ0) is 21.6. The van der Waals surface area contributed by atoms with Gasteiger partial charge in [0.2, 0.25) is 11.8 Å². The Balaban J connectivity index is 0.000000221. The summed E-state index contributed by atoms with van der Waals surface area (Å²) in [5, 5.41) is 0. The van der Waals surface area contributed by atoms with Gasteiger partial charge in [0.25, 0.3) is 0 Å². The first-order valence-corrected chi connectivity index (χ1v) is 10.8. The van der Waals surface area contributed by atoms with Crippen molar-refractivity contribution < 1.29 is 9.59 Å². The second-order valence-electron chi connectivity index (χ2n) is 9.35. The number of benzene rings is 1.